The highest BCUT2D eigenvalue weighted by Gasteiger charge is 2.65. The molecule has 4 aromatic carbocycles. The lowest BCUT2D eigenvalue weighted by Crippen LogP contribution is -2.42. The van der Waals surface area contributed by atoms with Gasteiger partial charge in [0.05, 0.1) is 20.8 Å². The Morgan fingerprint density at radius 2 is 0.512 bits per heavy atom. The van der Waals surface area contributed by atoms with E-state index in [9.17, 15) is 0 Å². The third-order valence-electron chi connectivity index (χ3n) is 30.6. The second-order valence-corrected chi connectivity index (χ2v) is 35.8. The first-order valence-electron chi connectivity index (χ1n) is 35.0. The molecule has 0 aromatic heterocycles. The molecule has 0 saturated heterocycles. The van der Waals surface area contributed by atoms with Crippen molar-refractivity contribution >= 4 is 0 Å². The van der Waals surface area contributed by atoms with Crippen LogP contribution >= 0.6 is 0 Å². The van der Waals surface area contributed by atoms with E-state index in [0.717, 1.165) is 18.6 Å². The van der Waals surface area contributed by atoms with Crippen LogP contribution < -0.4 is 14.2 Å². The number of allylic oxidation sites excluding steroid dienone is 2. The predicted molar refractivity (Wildman–Crippen MR) is 366 cm³/mol. The van der Waals surface area contributed by atoms with Crippen molar-refractivity contribution in [2.24, 2.45) is 21.7 Å². The van der Waals surface area contributed by atoms with E-state index in [1.54, 1.807) is 83.5 Å². The molecule has 0 heterocycles. The number of ether oxygens (including phenoxy) is 3. The van der Waals surface area contributed by atoms with Crippen molar-refractivity contribution in [1.82, 2.24) is 0 Å². The first-order chi connectivity index (χ1) is 39.7. The van der Waals surface area contributed by atoms with Gasteiger partial charge in [0, 0.05) is 39.3 Å². The van der Waals surface area contributed by atoms with Gasteiger partial charge in [-0.15, -0.1) is 0 Å². The maximum atomic E-state index is 7.01. The summed E-state index contributed by atoms with van der Waals surface area (Å²) in [5.41, 5.74) is 34.0. The van der Waals surface area contributed by atoms with Gasteiger partial charge < -0.3 is 14.2 Å². The Morgan fingerprint density at radius 3 is 0.791 bits per heavy atom. The predicted octanol–water partition coefficient (Wildman–Crippen LogP) is 21.7. The molecule has 9 aliphatic rings. The van der Waals surface area contributed by atoms with Gasteiger partial charge in [-0.05, 0) is 258 Å². The van der Waals surface area contributed by atoms with Crippen LogP contribution in [-0.4, -0.2) is 20.8 Å². The maximum Gasteiger partial charge on any atom is 0.131 e. The molecule has 0 aliphatic heterocycles. The summed E-state index contributed by atoms with van der Waals surface area (Å²) < 4.78 is 20.6. The Hall–Kier alpha value is -3.98. The van der Waals surface area contributed by atoms with E-state index in [1.807, 2.05) is 14.2 Å². The molecule has 0 spiro atoms. The van der Waals surface area contributed by atoms with Crippen LogP contribution in [0.4, 0.5) is 0 Å². The lowest BCUT2D eigenvalue weighted by Gasteiger charge is -2.45. The van der Waals surface area contributed by atoms with Gasteiger partial charge in [0.15, 0.2) is 0 Å². The van der Waals surface area contributed by atoms with Crippen molar-refractivity contribution in [3.05, 3.63) is 107 Å². The second kappa shape index (κ2) is 19.1. The highest BCUT2D eigenvalue weighted by atomic mass is 16.5. The zero-order valence-corrected chi connectivity index (χ0v) is 60.0. The molecule has 9 aliphatic carbocycles. The van der Waals surface area contributed by atoms with Crippen LogP contribution in [0.25, 0.3) is 22.3 Å². The molecule has 3 heteroatoms. The Labute approximate surface area is 525 Å². The standard InChI is InChI=1S/C42H58O.C41H60O2/c1-37(2)32-27-20-16-14-18-25(27)30(29(24-22-23-24)34(32)39(5,6)41(37,9)10)31-26-19-15-17-21-28(26)33-35(36(31)43-13)40(7,8)42(11,12)38(33,3)4;1-15-43-35-29(25-21-17-19-23-27(25)31-33(35)39(8,9)41(12,13)37(31,4)5)28-24-20-16-18-22-26(24)30-32(34(28)42-14)38(6,7)40(10,11)36(30,2)3/h22-24H,14-21H2,1-13H3;15-23H2,1-14H3. The average Bonchev–Trinajstić information content (AvgIpc) is 1.49. The minimum absolute atomic E-state index is 0.00353. The molecule has 0 bridgehead atoms. The topological polar surface area (TPSA) is 27.7 Å². The van der Waals surface area contributed by atoms with Crippen molar-refractivity contribution < 1.29 is 14.2 Å². The molecular weight excluding hydrogens is 1040 g/mol. The number of methoxy groups -OCH3 is 2. The number of rotatable bonds is 7. The van der Waals surface area contributed by atoms with E-state index in [2.05, 4.69) is 185 Å². The highest BCUT2D eigenvalue weighted by molar-refractivity contribution is 5.91. The number of fused-ring (bicyclic) bond motifs is 12. The molecule has 0 radical (unpaired) electrons. The quantitative estimate of drug-likeness (QED) is 0.173. The molecule has 0 fully saturated rings. The number of hydrogen-bond acceptors (Lipinski definition) is 3. The summed E-state index contributed by atoms with van der Waals surface area (Å²) in [6.45, 7) is 63.3. The van der Waals surface area contributed by atoms with Crippen LogP contribution in [0.5, 0.6) is 17.2 Å². The van der Waals surface area contributed by atoms with Gasteiger partial charge in [-0.3, -0.25) is 0 Å². The normalized spacial score (nSPS) is 25.2. The summed E-state index contributed by atoms with van der Waals surface area (Å²) in [6.07, 6.45) is 24.6. The summed E-state index contributed by atoms with van der Waals surface area (Å²) >= 11 is 0. The van der Waals surface area contributed by atoms with Crippen molar-refractivity contribution in [1.29, 1.82) is 0 Å². The van der Waals surface area contributed by atoms with E-state index in [4.69, 9.17) is 14.2 Å². The van der Waals surface area contributed by atoms with Gasteiger partial charge in [0.1, 0.15) is 17.2 Å². The largest absolute Gasteiger partial charge is 0.496 e. The molecule has 0 saturated carbocycles. The van der Waals surface area contributed by atoms with Crippen LogP contribution in [0.15, 0.2) is 12.2 Å². The van der Waals surface area contributed by atoms with E-state index in [1.165, 1.54) is 135 Å². The smallest absolute Gasteiger partial charge is 0.131 e. The Morgan fingerprint density at radius 1 is 0.291 bits per heavy atom. The first kappa shape index (κ1) is 62.2. The third-order valence-corrected chi connectivity index (χ3v) is 30.6. The minimum atomic E-state index is -0.0375. The monoisotopic (exact) mass is 1160 g/mol. The summed E-state index contributed by atoms with van der Waals surface area (Å²) in [5, 5.41) is 0. The lowest BCUT2D eigenvalue weighted by molar-refractivity contribution is 0.123. The third kappa shape index (κ3) is 7.28. The van der Waals surface area contributed by atoms with Crippen molar-refractivity contribution in [2.45, 2.75) is 325 Å². The zero-order chi connectivity index (χ0) is 63.0. The van der Waals surface area contributed by atoms with Crippen molar-refractivity contribution in [3.8, 4) is 39.5 Å². The molecule has 468 valence electrons. The van der Waals surface area contributed by atoms with E-state index < -0.39 is 0 Å². The molecule has 86 heavy (non-hydrogen) atoms. The average molecular weight is 1160 g/mol. The van der Waals surface area contributed by atoms with Gasteiger partial charge in [-0.2, -0.15) is 0 Å². The van der Waals surface area contributed by atoms with Gasteiger partial charge >= 0.3 is 0 Å². The molecule has 13 rings (SSSR count). The zero-order valence-electron chi connectivity index (χ0n) is 60.0. The highest BCUT2D eigenvalue weighted by Crippen LogP contribution is 2.73. The number of hydrogen-bond donors (Lipinski definition) is 0. The summed E-state index contributed by atoms with van der Waals surface area (Å²) in [7, 11) is 3.92. The molecule has 0 N–H and O–H groups in total. The Balaban J connectivity index is 0.000000168. The first-order valence-corrected chi connectivity index (χ1v) is 35.0. The van der Waals surface area contributed by atoms with E-state index in [-0.39, 0.29) is 65.0 Å². The SMILES string of the molecule is CCOc1c(-c2c3c(c4c(c2OC)C(C)(C)C(C)(C)C4(C)C)CCCC3)c2c(c3c1C(C)(C)C(C)(C)C3(C)C)CCCC2.COc1c(-c2c3c(c4c(c2C2C=C2)C(C)(C)C(C)(C)C4(C)C)CCCC3)c2c(c3c1C(C)(C)C(C)(C)C3(C)C)CCCC2. The summed E-state index contributed by atoms with van der Waals surface area (Å²) in [6, 6.07) is 0. The van der Waals surface area contributed by atoms with E-state index in [0.29, 0.717) is 12.5 Å². The van der Waals surface area contributed by atoms with Gasteiger partial charge in [-0.25, -0.2) is 0 Å². The van der Waals surface area contributed by atoms with E-state index >= 15 is 0 Å². The van der Waals surface area contributed by atoms with Crippen molar-refractivity contribution in [3.63, 3.8) is 0 Å². The van der Waals surface area contributed by atoms with Gasteiger partial charge in [0.2, 0.25) is 0 Å². The van der Waals surface area contributed by atoms with Gasteiger partial charge in [-0.1, -0.05) is 178 Å². The fourth-order valence-corrected chi connectivity index (χ4v) is 21.2. The van der Waals surface area contributed by atoms with Crippen LogP contribution in [-0.2, 0) is 94.7 Å². The second-order valence-electron chi connectivity index (χ2n) is 35.8. The molecule has 4 aromatic rings. The van der Waals surface area contributed by atoms with Crippen LogP contribution in [0, 0.1) is 21.7 Å². The fraction of sp³-hybridized carbons (Fsp3) is 0.687. The molecule has 3 nitrogen and oxygen atoms in total. The number of benzene rings is 4. The lowest BCUT2D eigenvalue weighted by atomic mass is 9.59. The van der Waals surface area contributed by atoms with Crippen LogP contribution in [0.1, 0.15) is 325 Å². The summed E-state index contributed by atoms with van der Waals surface area (Å²) in [4.78, 5) is 0. The Kier molecular flexibility index (Phi) is 13.8. The van der Waals surface area contributed by atoms with Gasteiger partial charge in [0.25, 0.3) is 0 Å². The molecule has 0 amide bonds. The fourth-order valence-electron chi connectivity index (χ4n) is 21.2. The molecule has 0 unspecified atom stereocenters. The maximum absolute atomic E-state index is 7.01. The van der Waals surface area contributed by atoms with Crippen LogP contribution in [0.3, 0.4) is 0 Å². The minimum Gasteiger partial charge on any atom is -0.496 e. The summed E-state index contributed by atoms with van der Waals surface area (Å²) in [5.74, 6) is 3.96. The molecular formula is C83H118O3. The van der Waals surface area contributed by atoms with Crippen molar-refractivity contribution in [2.75, 3.05) is 20.8 Å². The Bertz CT molecular complexity index is 3550. The molecule has 0 atom stereocenters. The van der Waals surface area contributed by atoms with Crippen LogP contribution in [0.2, 0.25) is 0 Å².